The number of benzene rings is 1. The van der Waals surface area contributed by atoms with Gasteiger partial charge in [-0.15, -0.1) is 10.2 Å². The first kappa shape index (κ1) is 16.4. The zero-order valence-electron chi connectivity index (χ0n) is 12.6. The number of nitrogens with zero attached hydrogens (tertiary/aromatic N) is 4. The normalized spacial score (nSPS) is 17.5. The van der Waals surface area contributed by atoms with E-state index in [1.54, 1.807) is 25.1 Å². The van der Waals surface area contributed by atoms with Crippen molar-refractivity contribution in [2.75, 3.05) is 26.2 Å². The largest absolute Gasteiger partial charge is 0.424 e. The van der Waals surface area contributed by atoms with Gasteiger partial charge in [0.25, 0.3) is 0 Å². The molecule has 3 rings (SSSR count). The Morgan fingerprint density at radius 2 is 1.87 bits per heavy atom. The van der Waals surface area contributed by atoms with E-state index in [-0.39, 0.29) is 9.92 Å². The monoisotopic (exact) mass is 356 g/mol. The Morgan fingerprint density at radius 3 is 2.48 bits per heavy atom. The molecule has 1 aliphatic rings. The molecule has 7 nitrogen and oxygen atoms in total. The highest BCUT2D eigenvalue weighted by molar-refractivity contribution is 7.89. The van der Waals surface area contributed by atoms with Gasteiger partial charge in [0.15, 0.2) is 0 Å². The summed E-state index contributed by atoms with van der Waals surface area (Å²) in [6.45, 7) is 4.28. The molecule has 1 aromatic heterocycles. The maximum atomic E-state index is 12.7. The zero-order chi connectivity index (χ0) is 16.4. The second-order valence-electron chi connectivity index (χ2n) is 5.33. The Balaban J connectivity index is 1.65. The third-order valence-corrected chi connectivity index (χ3v) is 6.11. The average molecular weight is 357 g/mol. The van der Waals surface area contributed by atoms with Crippen LogP contribution >= 0.6 is 11.6 Å². The topological polar surface area (TPSA) is 79.5 Å². The van der Waals surface area contributed by atoms with E-state index >= 15 is 0 Å². The van der Waals surface area contributed by atoms with Gasteiger partial charge in [0, 0.05) is 33.1 Å². The van der Waals surface area contributed by atoms with Gasteiger partial charge in [-0.2, -0.15) is 4.31 Å². The molecule has 0 spiro atoms. The van der Waals surface area contributed by atoms with Crippen LogP contribution in [0.1, 0.15) is 11.8 Å². The highest BCUT2D eigenvalue weighted by Crippen LogP contribution is 2.25. The molecule has 1 aromatic carbocycles. The van der Waals surface area contributed by atoms with Crippen LogP contribution in [-0.4, -0.2) is 54.0 Å². The lowest BCUT2D eigenvalue weighted by Crippen LogP contribution is -2.48. The van der Waals surface area contributed by atoms with Gasteiger partial charge >= 0.3 is 0 Å². The Labute approximate surface area is 139 Å². The van der Waals surface area contributed by atoms with Crippen molar-refractivity contribution < 1.29 is 12.8 Å². The lowest BCUT2D eigenvalue weighted by Gasteiger charge is -2.33. The highest BCUT2D eigenvalue weighted by Gasteiger charge is 2.30. The van der Waals surface area contributed by atoms with Crippen LogP contribution < -0.4 is 0 Å². The van der Waals surface area contributed by atoms with Gasteiger partial charge in [-0.05, 0) is 12.1 Å². The van der Waals surface area contributed by atoms with E-state index in [1.807, 2.05) is 0 Å². The molecule has 1 aliphatic heterocycles. The first-order chi connectivity index (χ1) is 11.0. The van der Waals surface area contributed by atoms with Crippen LogP contribution in [0.3, 0.4) is 0 Å². The van der Waals surface area contributed by atoms with E-state index in [0.29, 0.717) is 44.5 Å². The maximum absolute atomic E-state index is 12.7. The van der Waals surface area contributed by atoms with Gasteiger partial charge in [-0.3, -0.25) is 4.90 Å². The Morgan fingerprint density at radius 1 is 1.17 bits per heavy atom. The summed E-state index contributed by atoms with van der Waals surface area (Å²) in [5.74, 6) is 1.07. The van der Waals surface area contributed by atoms with Gasteiger partial charge in [-0.25, -0.2) is 8.42 Å². The van der Waals surface area contributed by atoms with Crippen LogP contribution in [0.4, 0.5) is 0 Å². The molecular formula is C14H17ClN4O3S. The van der Waals surface area contributed by atoms with E-state index < -0.39 is 10.0 Å². The quantitative estimate of drug-likeness (QED) is 0.826. The second kappa shape index (κ2) is 6.56. The number of aromatic nitrogens is 2. The summed E-state index contributed by atoms with van der Waals surface area (Å²) in [5, 5.41) is 8.00. The van der Waals surface area contributed by atoms with Crippen molar-refractivity contribution in [1.29, 1.82) is 0 Å². The molecule has 23 heavy (non-hydrogen) atoms. The van der Waals surface area contributed by atoms with Crippen LogP contribution in [0.25, 0.3) is 0 Å². The summed E-state index contributed by atoms with van der Waals surface area (Å²) in [6, 6.07) is 6.51. The van der Waals surface area contributed by atoms with Gasteiger partial charge in [0.05, 0.1) is 11.6 Å². The van der Waals surface area contributed by atoms with Crippen LogP contribution in [0.2, 0.25) is 5.02 Å². The smallest absolute Gasteiger partial charge is 0.244 e. The fraction of sp³-hybridized carbons (Fsp3) is 0.429. The molecular weight excluding hydrogens is 340 g/mol. The summed E-state index contributed by atoms with van der Waals surface area (Å²) in [6.07, 6.45) is 0. The van der Waals surface area contributed by atoms with Crippen molar-refractivity contribution in [3.8, 4) is 0 Å². The Bertz CT molecular complexity index is 785. The van der Waals surface area contributed by atoms with Crippen molar-refractivity contribution in [3.63, 3.8) is 0 Å². The molecule has 2 aromatic rings. The standard InChI is InChI=1S/C14H17ClN4O3S/c1-11-16-17-14(22-11)10-18-6-8-19(9-7-18)23(20,21)13-5-3-2-4-12(13)15/h2-5H,6-10H2,1H3. The number of aryl methyl sites for hydroxylation is 1. The van der Waals surface area contributed by atoms with E-state index in [1.165, 1.54) is 10.4 Å². The molecule has 0 N–H and O–H groups in total. The number of hydrogen-bond donors (Lipinski definition) is 0. The van der Waals surface area contributed by atoms with E-state index in [2.05, 4.69) is 15.1 Å². The number of rotatable bonds is 4. The lowest BCUT2D eigenvalue weighted by atomic mass is 10.3. The molecule has 0 unspecified atom stereocenters. The van der Waals surface area contributed by atoms with Crippen molar-refractivity contribution >= 4 is 21.6 Å². The second-order valence-corrected chi connectivity index (χ2v) is 7.64. The van der Waals surface area contributed by atoms with Crippen molar-refractivity contribution in [2.24, 2.45) is 0 Å². The van der Waals surface area contributed by atoms with Gasteiger partial charge in [-0.1, -0.05) is 23.7 Å². The van der Waals surface area contributed by atoms with Gasteiger partial charge in [0.1, 0.15) is 4.90 Å². The average Bonchev–Trinajstić information content (AvgIpc) is 2.93. The molecule has 0 amide bonds. The molecule has 0 radical (unpaired) electrons. The molecule has 1 fully saturated rings. The number of sulfonamides is 1. The first-order valence-electron chi connectivity index (χ1n) is 7.23. The SMILES string of the molecule is Cc1nnc(CN2CCN(S(=O)(=O)c3ccccc3Cl)CC2)o1. The summed E-state index contributed by atoms with van der Waals surface area (Å²) in [5.41, 5.74) is 0. The third kappa shape index (κ3) is 3.55. The fourth-order valence-electron chi connectivity index (χ4n) is 2.51. The van der Waals surface area contributed by atoms with Crippen LogP contribution in [0.5, 0.6) is 0 Å². The van der Waals surface area contributed by atoms with Crippen molar-refractivity contribution in [1.82, 2.24) is 19.4 Å². The van der Waals surface area contributed by atoms with E-state index in [0.717, 1.165) is 0 Å². The number of piperazine rings is 1. The Hall–Kier alpha value is -1.48. The van der Waals surface area contributed by atoms with Gasteiger partial charge < -0.3 is 4.42 Å². The lowest BCUT2D eigenvalue weighted by molar-refractivity contribution is 0.167. The molecule has 0 saturated carbocycles. The van der Waals surface area contributed by atoms with Gasteiger partial charge in [0.2, 0.25) is 21.8 Å². The minimum atomic E-state index is -3.56. The summed E-state index contributed by atoms with van der Waals surface area (Å²) in [4.78, 5) is 2.24. The molecule has 0 aliphatic carbocycles. The predicted octanol–water partition coefficient (Wildman–Crippen LogP) is 1.54. The zero-order valence-corrected chi connectivity index (χ0v) is 14.2. The maximum Gasteiger partial charge on any atom is 0.244 e. The fourth-order valence-corrected chi connectivity index (χ4v) is 4.43. The predicted molar refractivity (Wildman–Crippen MR) is 84.5 cm³/mol. The Kier molecular flexibility index (Phi) is 4.67. The number of halogens is 1. The van der Waals surface area contributed by atoms with Crippen LogP contribution in [0, 0.1) is 6.92 Å². The molecule has 0 atom stereocenters. The van der Waals surface area contributed by atoms with Crippen LogP contribution in [-0.2, 0) is 16.6 Å². The van der Waals surface area contributed by atoms with Crippen LogP contribution in [0.15, 0.2) is 33.6 Å². The summed E-state index contributed by atoms with van der Waals surface area (Å²) >= 11 is 6.02. The minimum absolute atomic E-state index is 0.155. The van der Waals surface area contributed by atoms with Crippen molar-refractivity contribution in [3.05, 3.63) is 41.1 Å². The van der Waals surface area contributed by atoms with E-state index in [9.17, 15) is 8.42 Å². The van der Waals surface area contributed by atoms with E-state index in [4.69, 9.17) is 16.0 Å². The highest BCUT2D eigenvalue weighted by atomic mass is 35.5. The molecule has 1 saturated heterocycles. The molecule has 0 bridgehead atoms. The molecule has 124 valence electrons. The molecule has 2 heterocycles. The molecule has 9 heteroatoms. The third-order valence-electron chi connectivity index (χ3n) is 3.71. The minimum Gasteiger partial charge on any atom is -0.424 e. The summed E-state index contributed by atoms with van der Waals surface area (Å²) in [7, 11) is -3.56. The first-order valence-corrected chi connectivity index (χ1v) is 9.04. The number of hydrogen-bond acceptors (Lipinski definition) is 6. The van der Waals surface area contributed by atoms with Crippen molar-refractivity contribution in [2.45, 2.75) is 18.4 Å². The summed E-state index contributed by atoms with van der Waals surface area (Å²) < 4.78 is 32.1.